The third-order valence-electron chi connectivity index (χ3n) is 1.68. The molecule has 0 N–H and O–H groups in total. The smallest absolute Gasteiger partial charge is 0.0780 e. The average molecular weight is 155 g/mol. The molecule has 0 heterocycles. The molecule has 0 unspecified atom stereocenters. The topological polar surface area (TPSA) is 0 Å². The largest absolute Gasteiger partial charge is 1.00 e. The molecular weight excluding hydrogens is 133 g/mol. The van der Waals surface area contributed by atoms with Crippen molar-refractivity contribution in [1.29, 1.82) is 0 Å². The Morgan fingerprint density at radius 1 is 0.909 bits per heavy atom. The van der Waals surface area contributed by atoms with E-state index in [1.165, 1.54) is 32.2 Å². The van der Waals surface area contributed by atoms with E-state index in [0.717, 1.165) is 4.48 Å². The molecule has 66 valence electrons. The van der Waals surface area contributed by atoms with E-state index in [-0.39, 0.29) is 8.41 Å². The third-order valence-corrected chi connectivity index (χ3v) is 1.68. The molecule has 0 bridgehead atoms. The number of quaternary nitrogens is 1. The highest BCUT2D eigenvalue weighted by Crippen LogP contribution is 2.01. The minimum atomic E-state index is 0. The highest BCUT2D eigenvalue weighted by atomic mass is 15.3. The Bertz CT molecular complexity index is 76.1. The van der Waals surface area contributed by atoms with Crippen molar-refractivity contribution in [1.82, 2.24) is 0 Å². The molecule has 0 spiro atoms. The van der Waals surface area contributed by atoms with Crippen LogP contribution in [0.4, 0.5) is 0 Å². The van der Waals surface area contributed by atoms with E-state index in [4.69, 9.17) is 0 Å². The van der Waals surface area contributed by atoms with E-state index in [9.17, 15) is 0 Å². The Hall–Kier alpha value is 0.0249. The Kier molecular flexibility index (Phi) is 8.31. The number of hydrogen-bond donors (Lipinski definition) is 0. The molecule has 0 atom stereocenters. The molecule has 4 radical (unpaired) electrons. The second-order valence-electron chi connectivity index (χ2n) is 4.07. The molecule has 0 saturated carbocycles. The Morgan fingerprint density at radius 3 is 1.82 bits per heavy atom. The lowest BCUT2D eigenvalue weighted by molar-refractivity contribution is -0.870. The first kappa shape index (κ1) is 13.6. The standard InChI is InChI=1S/C9H22N.B/c1-5-6-7-8-9-10(2,3)4;/h5-9H2,1-4H3;/q+1;-1. The zero-order valence-corrected chi connectivity index (χ0v) is 8.56. The fourth-order valence-electron chi connectivity index (χ4n) is 1.01. The normalized spacial score (nSPS) is 10.9. The van der Waals surface area contributed by atoms with Crippen LogP contribution in [0.2, 0.25) is 0 Å². The van der Waals surface area contributed by atoms with Crippen molar-refractivity contribution < 1.29 is 4.48 Å². The van der Waals surface area contributed by atoms with Crippen LogP contribution >= 0.6 is 0 Å². The summed E-state index contributed by atoms with van der Waals surface area (Å²) in [6.07, 6.45) is 5.54. The van der Waals surface area contributed by atoms with Gasteiger partial charge >= 0.3 is 0 Å². The molecule has 0 aliphatic rings. The highest BCUT2D eigenvalue weighted by molar-refractivity contribution is 5.75. The highest BCUT2D eigenvalue weighted by Gasteiger charge is 2.04. The SMILES string of the molecule is CCCCCC[N+](C)(C)C.[B-]. The summed E-state index contributed by atoms with van der Waals surface area (Å²) in [6, 6.07) is 0. The van der Waals surface area contributed by atoms with Gasteiger partial charge in [-0.05, 0) is 12.8 Å². The van der Waals surface area contributed by atoms with E-state index >= 15 is 0 Å². The van der Waals surface area contributed by atoms with Gasteiger partial charge in [0.15, 0.2) is 0 Å². The lowest BCUT2D eigenvalue weighted by atomic mass is 10.2. The van der Waals surface area contributed by atoms with Crippen LogP contribution in [-0.4, -0.2) is 40.6 Å². The van der Waals surface area contributed by atoms with Gasteiger partial charge in [-0.25, -0.2) is 0 Å². The predicted molar refractivity (Wildman–Crippen MR) is 52.8 cm³/mol. The third kappa shape index (κ3) is 13.1. The lowest BCUT2D eigenvalue weighted by Gasteiger charge is -2.23. The van der Waals surface area contributed by atoms with Crippen molar-refractivity contribution in [3.63, 3.8) is 0 Å². The van der Waals surface area contributed by atoms with Crippen LogP contribution in [0.5, 0.6) is 0 Å². The maximum absolute atomic E-state index is 2.26. The quantitative estimate of drug-likeness (QED) is 0.323. The van der Waals surface area contributed by atoms with Gasteiger partial charge in [0.2, 0.25) is 0 Å². The molecule has 11 heavy (non-hydrogen) atoms. The minimum absolute atomic E-state index is 0. The molecule has 0 fully saturated rings. The summed E-state index contributed by atoms with van der Waals surface area (Å²) in [5.41, 5.74) is 0. The molecule has 0 aromatic rings. The second kappa shape index (κ2) is 6.72. The fourth-order valence-corrected chi connectivity index (χ4v) is 1.01. The van der Waals surface area contributed by atoms with Gasteiger partial charge in [-0.2, -0.15) is 0 Å². The summed E-state index contributed by atoms with van der Waals surface area (Å²) in [5, 5.41) is 0. The molecule has 2 heteroatoms. The summed E-state index contributed by atoms with van der Waals surface area (Å²) in [6.45, 7) is 3.58. The molecule has 1 nitrogen and oxygen atoms in total. The van der Waals surface area contributed by atoms with Crippen molar-refractivity contribution in [3.05, 3.63) is 0 Å². The van der Waals surface area contributed by atoms with Gasteiger partial charge in [-0.1, -0.05) is 19.8 Å². The minimum Gasteiger partial charge on any atom is -1.00 e. The molecule has 0 aliphatic heterocycles. The van der Waals surface area contributed by atoms with Crippen LogP contribution in [0.3, 0.4) is 0 Å². The maximum atomic E-state index is 2.26. The summed E-state index contributed by atoms with van der Waals surface area (Å²) >= 11 is 0. The number of rotatable bonds is 5. The zero-order chi connectivity index (χ0) is 8.04. The second-order valence-corrected chi connectivity index (χ2v) is 4.07. The van der Waals surface area contributed by atoms with Gasteiger partial charge in [0.1, 0.15) is 0 Å². The van der Waals surface area contributed by atoms with E-state index in [1.807, 2.05) is 0 Å². The first-order valence-corrected chi connectivity index (χ1v) is 4.36. The van der Waals surface area contributed by atoms with Gasteiger partial charge < -0.3 is 12.9 Å². The monoisotopic (exact) mass is 155 g/mol. The summed E-state index contributed by atoms with van der Waals surface area (Å²) < 4.78 is 1.11. The molecule has 0 aromatic heterocycles. The fraction of sp³-hybridized carbons (Fsp3) is 1.00. The molecule has 0 rings (SSSR count). The van der Waals surface area contributed by atoms with Crippen LogP contribution < -0.4 is 0 Å². The van der Waals surface area contributed by atoms with Gasteiger partial charge in [0.25, 0.3) is 0 Å². The summed E-state index contributed by atoms with van der Waals surface area (Å²) in [5.74, 6) is 0. The van der Waals surface area contributed by atoms with Crippen molar-refractivity contribution >= 4 is 8.41 Å². The number of unbranched alkanes of at least 4 members (excludes halogenated alkanes) is 3. The molecule has 0 aliphatic carbocycles. The van der Waals surface area contributed by atoms with Crippen molar-refractivity contribution in [2.24, 2.45) is 0 Å². The van der Waals surface area contributed by atoms with Gasteiger partial charge in [-0.15, -0.1) is 0 Å². The number of nitrogens with zero attached hydrogens (tertiary/aromatic N) is 1. The molecule has 0 saturated heterocycles. The summed E-state index contributed by atoms with van der Waals surface area (Å²) in [4.78, 5) is 0. The van der Waals surface area contributed by atoms with Crippen molar-refractivity contribution in [2.45, 2.75) is 32.6 Å². The van der Waals surface area contributed by atoms with Crippen molar-refractivity contribution in [2.75, 3.05) is 27.7 Å². The molecule has 0 aromatic carbocycles. The average Bonchev–Trinajstić information content (AvgIpc) is 1.78. The van der Waals surface area contributed by atoms with Gasteiger partial charge in [0, 0.05) is 0 Å². The molecule has 0 amide bonds. The Morgan fingerprint density at radius 2 is 1.45 bits per heavy atom. The van der Waals surface area contributed by atoms with E-state index in [1.54, 1.807) is 0 Å². The summed E-state index contributed by atoms with van der Waals surface area (Å²) in [7, 11) is 6.77. The first-order valence-electron chi connectivity index (χ1n) is 4.36. The lowest BCUT2D eigenvalue weighted by Crippen LogP contribution is -2.35. The van der Waals surface area contributed by atoms with Gasteiger partial charge in [-0.3, -0.25) is 0 Å². The Balaban J connectivity index is 0. The van der Waals surface area contributed by atoms with E-state index in [0.29, 0.717) is 0 Å². The maximum Gasteiger partial charge on any atom is 0.0780 e. The number of hydrogen-bond acceptors (Lipinski definition) is 0. The van der Waals surface area contributed by atoms with Crippen LogP contribution in [0.25, 0.3) is 0 Å². The molecular formula is C9H22BN. The van der Waals surface area contributed by atoms with E-state index in [2.05, 4.69) is 28.1 Å². The zero-order valence-electron chi connectivity index (χ0n) is 8.56. The van der Waals surface area contributed by atoms with Gasteiger partial charge in [0.05, 0.1) is 27.7 Å². The Labute approximate surface area is 74.0 Å². The predicted octanol–water partition coefficient (Wildman–Crippen LogP) is 1.89. The van der Waals surface area contributed by atoms with Crippen LogP contribution in [0.15, 0.2) is 0 Å². The van der Waals surface area contributed by atoms with Crippen LogP contribution in [0, 0.1) is 0 Å². The van der Waals surface area contributed by atoms with Crippen LogP contribution in [-0.2, 0) is 0 Å². The van der Waals surface area contributed by atoms with E-state index < -0.39 is 0 Å². The first-order chi connectivity index (χ1) is 4.56. The van der Waals surface area contributed by atoms with Crippen molar-refractivity contribution in [3.8, 4) is 0 Å². The van der Waals surface area contributed by atoms with Crippen LogP contribution in [0.1, 0.15) is 32.6 Å².